The van der Waals surface area contributed by atoms with Gasteiger partial charge in [-0.15, -0.1) is 0 Å². The summed E-state index contributed by atoms with van der Waals surface area (Å²) < 4.78 is 33.0. The maximum absolute atomic E-state index is 12.9. The standard InChI is InChI=1S/C15H23NO3S/c1-10-6-11(2)15(12(3)7-10)20(17,18)16-8-13(4)19-14(5)9-16/h6-7,13-14H,8-9H2,1-5H3. The lowest BCUT2D eigenvalue weighted by molar-refractivity contribution is -0.0441. The SMILES string of the molecule is Cc1cc(C)c(S(=O)(=O)N2CC(C)OC(C)C2)c(C)c1. The Morgan fingerprint density at radius 3 is 1.95 bits per heavy atom. The van der Waals surface area contributed by atoms with Crippen LogP contribution in [-0.4, -0.2) is 38.0 Å². The van der Waals surface area contributed by atoms with E-state index in [1.807, 2.05) is 46.8 Å². The van der Waals surface area contributed by atoms with E-state index in [1.54, 1.807) is 4.31 Å². The number of hydrogen-bond acceptors (Lipinski definition) is 3. The third-order valence-electron chi connectivity index (χ3n) is 3.59. The average Bonchev–Trinajstić information content (AvgIpc) is 2.25. The predicted molar refractivity (Wildman–Crippen MR) is 79.4 cm³/mol. The van der Waals surface area contributed by atoms with Crippen LogP contribution in [0.4, 0.5) is 0 Å². The fourth-order valence-electron chi connectivity index (χ4n) is 3.03. The number of nitrogens with zero attached hydrogens (tertiary/aromatic N) is 1. The van der Waals surface area contributed by atoms with Crippen molar-refractivity contribution in [2.75, 3.05) is 13.1 Å². The van der Waals surface area contributed by atoms with Crippen LogP contribution in [-0.2, 0) is 14.8 Å². The summed E-state index contributed by atoms with van der Waals surface area (Å²) in [4.78, 5) is 0.449. The summed E-state index contributed by atoms with van der Waals surface area (Å²) in [5, 5.41) is 0. The molecule has 5 heteroatoms. The van der Waals surface area contributed by atoms with Gasteiger partial charge < -0.3 is 4.74 Å². The molecular weight excluding hydrogens is 274 g/mol. The first-order valence-corrected chi connectivity index (χ1v) is 8.39. The quantitative estimate of drug-likeness (QED) is 0.842. The zero-order valence-electron chi connectivity index (χ0n) is 12.8. The topological polar surface area (TPSA) is 46.6 Å². The molecular formula is C15H23NO3S. The van der Waals surface area contributed by atoms with E-state index in [2.05, 4.69) is 0 Å². The normalized spacial score (nSPS) is 24.9. The van der Waals surface area contributed by atoms with Gasteiger partial charge >= 0.3 is 0 Å². The minimum absolute atomic E-state index is 0.0698. The second-order valence-electron chi connectivity index (χ2n) is 5.81. The van der Waals surface area contributed by atoms with Crippen LogP contribution in [0.3, 0.4) is 0 Å². The van der Waals surface area contributed by atoms with Crippen molar-refractivity contribution in [2.45, 2.75) is 51.7 Å². The highest BCUT2D eigenvalue weighted by molar-refractivity contribution is 7.89. The van der Waals surface area contributed by atoms with Crippen LogP contribution < -0.4 is 0 Å². The highest BCUT2D eigenvalue weighted by Crippen LogP contribution is 2.27. The first kappa shape index (κ1) is 15.5. The summed E-state index contributed by atoms with van der Waals surface area (Å²) in [6.07, 6.45) is -0.140. The lowest BCUT2D eigenvalue weighted by Crippen LogP contribution is -2.48. The summed E-state index contributed by atoms with van der Waals surface area (Å²) >= 11 is 0. The van der Waals surface area contributed by atoms with Crippen LogP contribution >= 0.6 is 0 Å². The largest absolute Gasteiger partial charge is 0.373 e. The summed E-state index contributed by atoms with van der Waals surface area (Å²) in [7, 11) is -3.45. The Balaban J connectivity index is 2.45. The van der Waals surface area contributed by atoms with Crippen LogP contribution in [0.25, 0.3) is 0 Å². The van der Waals surface area contributed by atoms with Gasteiger partial charge in [-0.1, -0.05) is 17.7 Å². The van der Waals surface area contributed by atoms with Gasteiger partial charge in [-0.2, -0.15) is 4.31 Å². The maximum Gasteiger partial charge on any atom is 0.243 e. The van der Waals surface area contributed by atoms with Gasteiger partial charge in [-0.05, 0) is 45.7 Å². The van der Waals surface area contributed by atoms with Crippen LogP contribution in [0.15, 0.2) is 17.0 Å². The summed E-state index contributed by atoms with van der Waals surface area (Å²) in [6, 6.07) is 3.85. The van der Waals surface area contributed by atoms with E-state index in [9.17, 15) is 8.42 Å². The van der Waals surface area contributed by atoms with Crippen molar-refractivity contribution >= 4 is 10.0 Å². The maximum atomic E-state index is 12.9. The van der Waals surface area contributed by atoms with Gasteiger partial charge in [-0.3, -0.25) is 0 Å². The Morgan fingerprint density at radius 2 is 1.50 bits per heavy atom. The van der Waals surface area contributed by atoms with Crippen molar-refractivity contribution in [1.82, 2.24) is 4.31 Å². The molecule has 0 N–H and O–H groups in total. The summed E-state index contributed by atoms with van der Waals surface area (Å²) in [5.41, 5.74) is 2.71. The molecule has 0 aromatic heterocycles. The summed E-state index contributed by atoms with van der Waals surface area (Å²) in [5.74, 6) is 0. The first-order chi connectivity index (χ1) is 9.21. The molecule has 2 atom stereocenters. The highest BCUT2D eigenvalue weighted by atomic mass is 32.2. The van der Waals surface area contributed by atoms with Gasteiger partial charge in [0.15, 0.2) is 0 Å². The smallest absolute Gasteiger partial charge is 0.243 e. The van der Waals surface area contributed by atoms with Crippen LogP contribution in [0.1, 0.15) is 30.5 Å². The molecule has 1 fully saturated rings. The second-order valence-corrected chi connectivity index (χ2v) is 7.68. The first-order valence-electron chi connectivity index (χ1n) is 6.95. The number of ether oxygens (including phenoxy) is 1. The summed E-state index contributed by atoms with van der Waals surface area (Å²) in [6.45, 7) is 10.4. The van der Waals surface area contributed by atoms with Crippen LogP contribution in [0.5, 0.6) is 0 Å². The molecule has 2 unspecified atom stereocenters. The van der Waals surface area contributed by atoms with E-state index in [4.69, 9.17) is 4.74 Å². The molecule has 0 radical (unpaired) electrons. The molecule has 0 spiro atoms. The molecule has 1 aliphatic rings. The zero-order chi connectivity index (χ0) is 15.1. The van der Waals surface area contributed by atoms with E-state index < -0.39 is 10.0 Å². The molecule has 2 rings (SSSR count). The van der Waals surface area contributed by atoms with Gasteiger partial charge in [0.05, 0.1) is 17.1 Å². The van der Waals surface area contributed by atoms with Crippen molar-refractivity contribution < 1.29 is 13.2 Å². The van der Waals surface area contributed by atoms with Gasteiger partial charge in [0.25, 0.3) is 0 Å². The minimum atomic E-state index is -3.45. The van der Waals surface area contributed by atoms with Crippen molar-refractivity contribution in [3.8, 4) is 0 Å². The van der Waals surface area contributed by atoms with E-state index in [-0.39, 0.29) is 12.2 Å². The van der Waals surface area contributed by atoms with Crippen molar-refractivity contribution in [2.24, 2.45) is 0 Å². The van der Waals surface area contributed by atoms with Gasteiger partial charge in [0.2, 0.25) is 10.0 Å². The van der Waals surface area contributed by atoms with Crippen molar-refractivity contribution in [3.05, 3.63) is 28.8 Å². The molecule has 20 heavy (non-hydrogen) atoms. The van der Waals surface area contributed by atoms with Crippen molar-refractivity contribution in [1.29, 1.82) is 0 Å². The average molecular weight is 297 g/mol. The Bertz CT molecular complexity index is 577. The monoisotopic (exact) mass is 297 g/mol. The number of rotatable bonds is 2. The Hall–Kier alpha value is -0.910. The molecule has 1 aromatic carbocycles. The van der Waals surface area contributed by atoms with E-state index in [1.165, 1.54) is 0 Å². The van der Waals surface area contributed by atoms with Gasteiger partial charge in [0.1, 0.15) is 0 Å². The molecule has 1 heterocycles. The number of benzene rings is 1. The molecule has 0 bridgehead atoms. The van der Waals surface area contributed by atoms with Crippen molar-refractivity contribution in [3.63, 3.8) is 0 Å². The number of sulfonamides is 1. The van der Waals surface area contributed by atoms with E-state index >= 15 is 0 Å². The van der Waals surface area contributed by atoms with Gasteiger partial charge in [-0.25, -0.2) is 8.42 Å². The van der Waals surface area contributed by atoms with E-state index in [0.717, 1.165) is 16.7 Å². The third-order valence-corrected chi connectivity index (χ3v) is 5.73. The molecule has 112 valence electrons. The third kappa shape index (κ3) is 2.90. The van der Waals surface area contributed by atoms with Crippen LogP contribution in [0, 0.1) is 20.8 Å². The number of hydrogen-bond donors (Lipinski definition) is 0. The fourth-order valence-corrected chi connectivity index (χ4v) is 5.03. The van der Waals surface area contributed by atoms with E-state index in [0.29, 0.717) is 18.0 Å². The second kappa shape index (κ2) is 5.47. The molecule has 0 amide bonds. The zero-order valence-corrected chi connectivity index (χ0v) is 13.6. The fraction of sp³-hybridized carbons (Fsp3) is 0.600. The van der Waals surface area contributed by atoms with Gasteiger partial charge in [0, 0.05) is 13.1 Å². The Morgan fingerprint density at radius 1 is 1.05 bits per heavy atom. The lowest BCUT2D eigenvalue weighted by Gasteiger charge is -2.35. The molecule has 1 aromatic rings. The molecule has 0 aliphatic carbocycles. The molecule has 1 aliphatic heterocycles. The Kier molecular flexibility index (Phi) is 4.23. The minimum Gasteiger partial charge on any atom is -0.373 e. The lowest BCUT2D eigenvalue weighted by atomic mass is 10.1. The predicted octanol–water partition coefficient (Wildman–Crippen LogP) is 2.41. The molecule has 1 saturated heterocycles. The highest BCUT2D eigenvalue weighted by Gasteiger charge is 2.33. The van der Waals surface area contributed by atoms with Crippen LogP contribution in [0.2, 0.25) is 0 Å². The molecule has 4 nitrogen and oxygen atoms in total. The number of aryl methyl sites for hydroxylation is 3. The number of morpholine rings is 1. The Labute approximate surface area is 121 Å². The molecule has 0 saturated carbocycles.